The van der Waals surface area contributed by atoms with Crippen molar-refractivity contribution < 1.29 is 0 Å². The summed E-state index contributed by atoms with van der Waals surface area (Å²) in [6.07, 6.45) is 9.53. The molecule has 0 aromatic rings. The molecular formula is C20H44Si3. The van der Waals surface area contributed by atoms with E-state index in [2.05, 4.69) is 52.4 Å². The van der Waals surface area contributed by atoms with Crippen molar-refractivity contribution in [3.63, 3.8) is 0 Å². The van der Waals surface area contributed by atoms with Crippen molar-refractivity contribution >= 4 is 24.2 Å². The van der Waals surface area contributed by atoms with Crippen LogP contribution in [0.25, 0.3) is 0 Å². The van der Waals surface area contributed by atoms with Gasteiger partial charge in [-0.05, 0) is 22.9 Å². The lowest BCUT2D eigenvalue weighted by Gasteiger charge is -2.36. The van der Waals surface area contributed by atoms with Crippen LogP contribution in [0.5, 0.6) is 0 Å². The molecule has 2 aliphatic rings. The Morgan fingerprint density at radius 3 is 1.22 bits per heavy atom. The molecular weight excluding hydrogens is 324 g/mol. The van der Waals surface area contributed by atoms with Gasteiger partial charge in [-0.2, -0.15) is 0 Å². The third kappa shape index (κ3) is 5.85. The lowest BCUT2D eigenvalue weighted by atomic mass is 10.1. The van der Waals surface area contributed by atoms with Crippen molar-refractivity contribution in [3.8, 4) is 0 Å². The highest BCUT2D eigenvalue weighted by atomic mass is 28.3. The lowest BCUT2D eigenvalue weighted by molar-refractivity contribution is 0.591. The highest BCUT2D eigenvalue weighted by molar-refractivity contribution is 6.80. The normalized spacial score (nSPS) is 33.4. The summed E-state index contributed by atoms with van der Waals surface area (Å²) in [7, 11) is -2.76. The molecule has 4 atom stereocenters. The van der Waals surface area contributed by atoms with Gasteiger partial charge in [0.2, 0.25) is 0 Å². The van der Waals surface area contributed by atoms with E-state index in [1.165, 1.54) is 0 Å². The summed E-state index contributed by atoms with van der Waals surface area (Å²) in [6, 6.07) is 3.19. The van der Waals surface area contributed by atoms with Crippen molar-refractivity contribution in [3.05, 3.63) is 0 Å². The van der Waals surface area contributed by atoms with E-state index in [1.807, 2.05) is 0 Å². The minimum atomic E-state index is -1.04. The molecule has 2 rings (SSSR count). The van der Waals surface area contributed by atoms with Gasteiger partial charge in [-0.3, -0.25) is 0 Å². The molecule has 0 aliphatic heterocycles. The van der Waals surface area contributed by atoms with E-state index in [0.717, 1.165) is 22.9 Å². The summed E-state index contributed by atoms with van der Waals surface area (Å²) in [5.41, 5.74) is 2.30. The predicted octanol–water partition coefficient (Wildman–Crippen LogP) is 7.71. The van der Waals surface area contributed by atoms with Gasteiger partial charge < -0.3 is 0 Å². The van der Waals surface area contributed by atoms with Crippen LogP contribution in [0.15, 0.2) is 0 Å². The molecule has 0 saturated heterocycles. The van der Waals surface area contributed by atoms with Crippen molar-refractivity contribution in [1.82, 2.24) is 0 Å². The van der Waals surface area contributed by atoms with Gasteiger partial charge >= 0.3 is 0 Å². The van der Waals surface area contributed by atoms with Crippen LogP contribution in [0, 0.1) is 11.8 Å². The van der Waals surface area contributed by atoms with Gasteiger partial charge in [-0.15, -0.1) is 0 Å². The summed E-state index contributed by atoms with van der Waals surface area (Å²) >= 11 is 0. The SMILES string of the molecule is C[Si](C)(C)CC1CCC([Si](C)(C)C2CCC(C[Si](C)(C)C)C2)C1. The van der Waals surface area contributed by atoms with Crippen LogP contribution in [-0.4, -0.2) is 24.2 Å². The molecule has 2 aliphatic carbocycles. The number of rotatable bonds is 6. The number of hydrogen-bond donors (Lipinski definition) is 0. The van der Waals surface area contributed by atoms with E-state index in [4.69, 9.17) is 0 Å². The van der Waals surface area contributed by atoms with Gasteiger partial charge in [0.05, 0.1) is 8.07 Å². The van der Waals surface area contributed by atoms with Crippen molar-refractivity contribution in [2.24, 2.45) is 11.8 Å². The summed E-state index contributed by atoms with van der Waals surface area (Å²) in [5, 5.41) is 0. The van der Waals surface area contributed by atoms with Crippen LogP contribution < -0.4 is 0 Å². The van der Waals surface area contributed by atoms with Gasteiger partial charge in [0.15, 0.2) is 0 Å². The first kappa shape index (κ1) is 20.0. The molecule has 2 saturated carbocycles. The number of hydrogen-bond acceptors (Lipinski definition) is 0. The van der Waals surface area contributed by atoms with Gasteiger partial charge in [-0.1, -0.05) is 103 Å². The van der Waals surface area contributed by atoms with Crippen LogP contribution in [0.2, 0.25) is 75.5 Å². The fourth-order valence-corrected chi connectivity index (χ4v) is 14.5. The van der Waals surface area contributed by atoms with E-state index >= 15 is 0 Å². The highest BCUT2D eigenvalue weighted by Gasteiger charge is 2.45. The van der Waals surface area contributed by atoms with Gasteiger partial charge in [-0.25, -0.2) is 0 Å². The average molecular weight is 369 g/mol. The first-order valence-corrected chi connectivity index (χ1v) is 20.9. The lowest BCUT2D eigenvalue weighted by Crippen LogP contribution is -2.37. The first-order valence-electron chi connectivity index (χ1n) is 10.4. The smallest absolute Gasteiger partial charge is 0.0536 e. The summed E-state index contributed by atoms with van der Waals surface area (Å²) < 4.78 is 0. The molecule has 0 spiro atoms. The Hall–Kier alpha value is 0.651. The molecule has 0 bridgehead atoms. The maximum Gasteiger partial charge on any atom is 0.0536 e. The van der Waals surface area contributed by atoms with Gasteiger partial charge in [0.25, 0.3) is 0 Å². The topological polar surface area (TPSA) is 0 Å². The fourth-order valence-electron chi connectivity index (χ4n) is 5.94. The average Bonchev–Trinajstić information content (AvgIpc) is 2.94. The second kappa shape index (κ2) is 7.11. The van der Waals surface area contributed by atoms with Crippen molar-refractivity contribution in [1.29, 1.82) is 0 Å². The zero-order valence-corrected chi connectivity index (χ0v) is 20.5. The Morgan fingerprint density at radius 2 is 0.913 bits per heavy atom. The second-order valence-corrected chi connectivity index (χ2v) is 28.4. The maximum atomic E-state index is 2.77. The second-order valence-electron chi connectivity index (χ2n) is 12.1. The van der Waals surface area contributed by atoms with E-state index in [-0.39, 0.29) is 0 Å². The minimum absolute atomic E-state index is 0.860. The third-order valence-corrected chi connectivity index (χ3v) is 15.9. The van der Waals surface area contributed by atoms with Crippen LogP contribution in [-0.2, 0) is 0 Å². The van der Waals surface area contributed by atoms with Gasteiger partial charge in [0.1, 0.15) is 0 Å². The van der Waals surface area contributed by atoms with Crippen LogP contribution in [0.4, 0.5) is 0 Å². The Labute approximate surface area is 150 Å². The summed E-state index contributed by atoms with van der Waals surface area (Å²) in [6.45, 7) is 21.0. The minimum Gasteiger partial charge on any atom is -0.0695 e. The molecule has 0 aromatic carbocycles. The first-order chi connectivity index (χ1) is 10.4. The van der Waals surface area contributed by atoms with Crippen LogP contribution in [0.3, 0.4) is 0 Å². The van der Waals surface area contributed by atoms with Crippen LogP contribution in [0.1, 0.15) is 38.5 Å². The Morgan fingerprint density at radius 1 is 0.565 bits per heavy atom. The van der Waals surface area contributed by atoms with Crippen molar-refractivity contribution in [2.75, 3.05) is 0 Å². The molecule has 0 amide bonds. The third-order valence-electron chi connectivity index (χ3n) is 6.99. The quantitative estimate of drug-likeness (QED) is 0.421. The zero-order valence-electron chi connectivity index (χ0n) is 17.5. The van der Waals surface area contributed by atoms with E-state index in [0.29, 0.717) is 0 Å². The largest absolute Gasteiger partial charge is 0.0695 e. The summed E-state index contributed by atoms with van der Waals surface area (Å²) in [4.78, 5) is 0. The molecule has 0 radical (unpaired) electrons. The zero-order chi connectivity index (χ0) is 17.5. The maximum absolute atomic E-state index is 2.77. The molecule has 136 valence electrons. The Kier molecular flexibility index (Phi) is 6.17. The van der Waals surface area contributed by atoms with Crippen molar-refractivity contribution in [2.45, 2.75) is 114 Å². The van der Waals surface area contributed by atoms with Crippen LogP contribution >= 0.6 is 0 Å². The molecule has 4 unspecified atom stereocenters. The molecule has 0 heterocycles. The molecule has 0 aromatic heterocycles. The predicted molar refractivity (Wildman–Crippen MR) is 116 cm³/mol. The van der Waals surface area contributed by atoms with E-state index in [1.54, 1.807) is 50.6 Å². The Bertz CT molecular complexity index is 353. The molecule has 2 fully saturated rings. The standard InChI is InChI=1S/C20H44Si3/c1-21(2,3)15-17-9-11-19(13-17)23(7,8)20-12-10-18(14-20)16-22(4,5)6/h17-20H,9-16H2,1-8H3. The molecule has 23 heavy (non-hydrogen) atoms. The van der Waals surface area contributed by atoms with E-state index < -0.39 is 24.2 Å². The Balaban J connectivity index is 1.90. The summed E-state index contributed by atoms with van der Waals surface area (Å²) in [5.74, 6) is 2.19. The molecule has 0 N–H and O–H groups in total. The monoisotopic (exact) mass is 368 g/mol. The fraction of sp³-hybridized carbons (Fsp3) is 1.00. The van der Waals surface area contributed by atoms with E-state index in [9.17, 15) is 0 Å². The van der Waals surface area contributed by atoms with Gasteiger partial charge in [0, 0.05) is 16.1 Å². The molecule has 0 nitrogen and oxygen atoms in total. The highest BCUT2D eigenvalue weighted by Crippen LogP contribution is 2.54. The molecule has 3 heteroatoms.